The number of rotatable bonds is 6. The van der Waals surface area contributed by atoms with Gasteiger partial charge in [0.25, 0.3) is 5.91 Å². The van der Waals surface area contributed by atoms with Gasteiger partial charge in [-0.1, -0.05) is 48.5 Å². The Labute approximate surface area is 187 Å². The molecule has 3 aromatic carbocycles. The maximum atomic E-state index is 12.9. The Morgan fingerprint density at radius 1 is 0.774 bits per heavy atom. The molecule has 31 heavy (non-hydrogen) atoms. The number of sulfonamides is 1. The first kappa shape index (κ1) is 21.6. The smallest absolute Gasteiger partial charge is 0.253 e. The van der Waals surface area contributed by atoms with Gasteiger partial charge < -0.3 is 4.90 Å². The van der Waals surface area contributed by atoms with E-state index in [0.717, 1.165) is 11.3 Å². The molecule has 1 fully saturated rings. The maximum Gasteiger partial charge on any atom is 0.253 e. The van der Waals surface area contributed by atoms with Crippen LogP contribution in [0, 0.1) is 0 Å². The highest BCUT2D eigenvalue weighted by Gasteiger charge is 2.30. The fraction of sp³-hybridized carbons (Fsp3) is 0.208. The number of carbonyl (C=O) groups is 1. The number of hydrogen-bond acceptors (Lipinski definition) is 4. The number of piperazine rings is 1. The van der Waals surface area contributed by atoms with E-state index in [1.54, 1.807) is 47.0 Å². The van der Waals surface area contributed by atoms with Gasteiger partial charge in [0.05, 0.1) is 4.90 Å². The first-order valence-corrected chi connectivity index (χ1v) is 12.6. The lowest BCUT2D eigenvalue weighted by Gasteiger charge is -2.34. The van der Waals surface area contributed by atoms with Crippen molar-refractivity contribution in [3.05, 3.63) is 96.1 Å². The lowest BCUT2D eigenvalue weighted by atomic mass is 10.1. The van der Waals surface area contributed by atoms with Crippen LogP contribution < -0.4 is 0 Å². The summed E-state index contributed by atoms with van der Waals surface area (Å²) in [6, 6.07) is 26.3. The number of nitrogens with zero attached hydrogens (tertiary/aromatic N) is 2. The molecule has 0 N–H and O–H groups in total. The summed E-state index contributed by atoms with van der Waals surface area (Å²) in [4.78, 5) is 16.1. The van der Waals surface area contributed by atoms with E-state index in [2.05, 4.69) is 12.1 Å². The Morgan fingerprint density at radius 2 is 1.35 bits per heavy atom. The van der Waals surface area contributed by atoms with Gasteiger partial charge in [0.1, 0.15) is 0 Å². The minimum Gasteiger partial charge on any atom is -0.336 e. The summed E-state index contributed by atoms with van der Waals surface area (Å²) in [5.41, 5.74) is 1.79. The molecule has 0 saturated carbocycles. The molecule has 160 valence electrons. The third kappa shape index (κ3) is 5.18. The number of thioether (sulfide) groups is 1. The SMILES string of the molecule is O=C(c1ccc(CSc2ccccc2)cc1)N1CCN(S(=O)(=O)c2ccccc2)CC1. The molecule has 4 rings (SSSR count). The topological polar surface area (TPSA) is 57.7 Å². The summed E-state index contributed by atoms with van der Waals surface area (Å²) < 4.78 is 27.0. The molecule has 0 unspecified atom stereocenters. The number of hydrogen-bond donors (Lipinski definition) is 0. The molecule has 0 atom stereocenters. The third-order valence-corrected chi connectivity index (χ3v) is 8.25. The molecule has 0 aliphatic carbocycles. The molecule has 0 bridgehead atoms. The Kier molecular flexibility index (Phi) is 6.75. The second-order valence-corrected chi connectivity index (χ2v) is 10.3. The van der Waals surface area contributed by atoms with E-state index in [9.17, 15) is 13.2 Å². The summed E-state index contributed by atoms with van der Waals surface area (Å²) in [5, 5.41) is 0. The van der Waals surface area contributed by atoms with E-state index in [1.165, 1.54) is 9.20 Å². The Balaban J connectivity index is 1.33. The van der Waals surface area contributed by atoms with Crippen molar-refractivity contribution in [2.75, 3.05) is 26.2 Å². The number of benzene rings is 3. The van der Waals surface area contributed by atoms with E-state index >= 15 is 0 Å². The molecule has 1 saturated heterocycles. The molecule has 0 spiro atoms. The average molecular weight is 453 g/mol. The fourth-order valence-corrected chi connectivity index (χ4v) is 5.80. The second kappa shape index (κ2) is 9.68. The van der Waals surface area contributed by atoms with Gasteiger partial charge in [0.15, 0.2) is 0 Å². The molecule has 3 aromatic rings. The monoisotopic (exact) mass is 452 g/mol. The summed E-state index contributed by atoms with van der Waals surface area (Å²) in [6.07, 6.45) is 0. The molecular weight excluding hydrogens is 428 g/mol. The van der Waals surface area contributed by atoms with Crippen LogP contribution in [0.5, 0.6) is 0 Å². The Bertz CT molecular complexity index is 1110. The molecule has 1 aliphatic heterocycles. The van der Waals surface area contributed by atoms with Crippen LogP contribution in [0.3, 0.4) is 0 Å². The van der Waals surface area contributed by atoms with Crippen LogP contribution in [0.2, 0.25) is 0 Å². The second-order valence-electron chi connectivity index (χ2n) is 7.31. The lowest BCUT2D eigenvalue weighted by Crippen LogP contribution is -2.50. The van der Waals surface area contributed by atoms with Gasteiger partial charge in [0.2, 0.25) is 10.0 Å². The predicted octanol–water partition coefficient (Wildman–Crippen LogP) is 4.13. The highest BCUT2D eigenvalue weighted by molar-refractivity contribution is 7.98. The van der Waals surface area contributed by atoms with Crippen molar-refractivity contribution >= 4 is 27.7 Å². The van der Waals surface area contributed by atoms with Crippen LogP contribution in [0.25, 0.3) is 0 Å². The fourth-order valence-electron chi connectivity index (χ4n) is 3.48. The number of amides is 1. The lowest BCUT2D eigenvalue weighted by molar-refractivity contribution is 0.0698. The van der Waals surface area contributed by atoms with Crippen LogP contribution in [0.15, 0.2) is 94.7 Å². The highest BCUT2D eigenvalue weighted by atomic mass is 32.2. The summed E-state index contributed by atoms with van der Waals surface area (Å²) in [7, 11) is -3.52. The van der Waals surface area contributed by atoms with E-state index in [1.807, 2.05) is 42.5 Å². The predicted molar refractivity (Wildman–Crippen MR) is 124 cm³/mol. The first-order valence-electron chi connectivity index (χ1n) is 10.2. The average Bonchev–Trinajstić information content (AvgIpc) is 2.84. The summed E-state index contributed by atoms with van der Waals surface area (Å²) in [5.74, 6) is 0.785. The van der Waals surface area contributed by atoms with Gasteiger partial charge in [0, 0.05) is 42.4 Å². The van der Waals surface area contributed by atoms with Crippen molar-refractivity contribution in [2.45, 2.75) is 15.5 Å². The zero-order valence-electron chi connectivity index (χ0n) is 17.1. The Morgan fingerprint density at radius 3 is 1.97 bits per heavy atom. The van der Waals surface area contributed by atoms with E-state index in [0.29, 0.717) is 36.6 Å². The molecule has 5 nitrogen and oxygen atoms in total. The minimum absolute atomic E-state index is 0.0565. The van der Waals surface area contributed by atoms with Crippen LogP contribution in [-0.4, -0.2) is 49.7 Å². The van der Waals surface area contributed by atoms with Crippen molar-refractivity contribution in [3.63, 3.8) is 0 Å². The minimum atomic E-state index is -3.52. The van der Waals surface area contributed by atoms with Crippen LogP contribution >= 0.6 is 11.8 Å². The standard InChI is InChI=1S/C24H24N2O3S2/c27-24(21-13-11-20(12-14-21)19-30-22-7-3-1-4-8-22)25-15-17-26(18-16-25)31(28,29)23-9-5-2-6-10-23/h1-14H,15-19H2. The van der Waals surface area contributed by atoms with E-state index < -0.39 is 10.0 Å². The third-order valence-electron chi connectivity index (χ3n) is 5.26. The molecule has 0 radical (unpaired) electrons. The highest BCUT2D eigenvalue weighted by Crippen LogP contribution is 2.23. The molecule has 0 aromatic heterocycles. The van der Waals surface area contributed by atoms with Crippen LogP contribution in [-0.2, 0) is 15.8 Å². The molecule has 1 amide bonds. The van der Waals surface area contributed by atoms with Crippen LogP contribution in [0.4, 0.5) is 0 Å². The molecule has 1 aliphatic rings. The zero-order valence-corrected chi connectivity index (χ0v) is 18.7. The van der Waals surface area contributed by atoms with Gasteiger partial charge in [-0.3, -0.25) is 4.79 Å². The van der Waals surface area contributed by atoms with E-state index in [4.69, 9.17) is 0 Å². The van der Waals surface area contributed by atoms with Crippen LogP contribution in [0.1, 0.15) is 15.9 Å². The quantitative estimate of drug-likeness (QED) is 0.528. The van der Waals surface area contributed by atoms with Crippen molar-refractivity contribution in [1.82, 2.24) is 9.21 Å². The van der Waals surface area contributed by atoms with E-state index in [-0.39, 0.29) is 5.91 Å². The van der Waals surface area contributed by atoms with Gasteiger partial charge in [-0.2, -0.15) is 4.31 Å². The number of carbonyl (C=O) groups excluding carboxylic acids is 1. The summed E-state index contributed by atoms with van der Waals surface area (Å²) in [6.45, 7) is 1.37. The zero-order chi connectivity index (χ0) is 21.7. The van der Waals surface area contributed by atoms with Gasteiger partial charge in [-0.25, -0.2) is 8.42 Å². The van der Waals surface area contributed by atoms with Gasteiger partial charge >= 0.3 is 0 Å². The first-order chi connectivity index (χ1) is 15.0. The van der Waals surface area contributed by atoms with Crippen molar-refractivity contribution < 1.29 is 13.2 Å². The largest absolute Gasteiger partial charge is 0.336 e. The van der Waals surface area contributed by atoms with Crippen molar-refractivity contribution in [3.8, 4) is 0 Å². The molecule has 1 heterocycles. The molecular formula is C24H24N2O3S2. The normalized spacial score (nSPS) is 15.0. The van der Waals surface area contributed by atoms with Crippen molar-refractivity contribution in [2.24, 2.45) is 0 Å². The van der Waals surface area contributed by atoms with Gasteiger partial charge in [-0.15, -0.1) is 11.8 Å². The Hall–Kier alpha value is -2.61. The summed E-state index contributed by atoms with van der Waals surface area (Å²) >= 11 is 1.76. The van der Waals surface area contributed by atoms with Crippen molar-refractivity contribution in [1.29, 1.82) is 0 Å². The van der Waals surface area contributed by atoms with Gasteiger partial charge in [-0.05, 0) is 42.0 Å². The molecule has 7 heteroatoms. The maximum absolute atomic E-state index is 12.9.